The van der Waals surface area contributed by atoms with Crippen LogP contribution in [0.1, 0.15) is 44.6 Å². The predicted octanol–water partition coefficient (Wildman–Crippen LogP) is 3.56. The third-order valence-corrected chi connectivity index (χ3v) is 3.77. The van der Waals surface area contributed by atoms with Crippen molar-refractivity contribution in [3.63, 3.8) is 0 Å². The van der Waals surface area contributed by atoms with Crippen molar-refractivity contribution in [2.45, 2.75) is 39.0 Å². The monoisotopic (exact) mass is 232 g/mol. The number of rotatable bonds is 2. The van der Waals surface area contributed by atoms with E-state index in [1.165, 1.54) is 0 Å². The molecule has 0 aliphatic heterocycles. The summed E-state index contributed by atoms with van der Waals surface area (Å²) in [5.41, 5.74) is 1.15. The van der Waals surface area contributed by atoms with E-state index >= 15 is 0 Å². The molecule has 2 rings (SSSR count). The van der Waals surface area contributed by atoms with Gasteiger partial charge in [0.2, 0.25) is 0 Å². The second-order valence-corrected chi connectivity index (χ2v) is 5.52. The van der Waals surface area contributed by atoms with Crippen molar-refractivity contribution < 1.29 is 9.53 Å². The number of Topliss-reactive ketones (excluding diaryl/α,β-unsaturated/α-hetero) is 1. The van der Waals surface area contributed by atoms with E-state index in [9.17, 15) is 4.79 Å². The first-order valence-electron chi connectivity index (χ1n) is 6.21. The molecule has 1 aliphatic rings. The number of ketones is 1. The van der Waals surface area contributed by atoms with Crippen molar-refractivity contribution >= 4 is 5.78 Å². The first-order chi connectivity index (χ1) is 8.04. The molecule has 2 heteroatoms. The highest BCUT2D eigenvalue weighted by Gasteiger charge is 2.38. The molecule has 0 heterocycles. The average molecular weight is 232 g/mol. The molecule has 92 valence electrons. The molecular weight excluding hydrogens is 212 g/mol. The Hall–Kier alpha value is -1.31. The molecule has 0 amide bonds. The van der Waals surface area contributed by atoms with Gasteiger partial charge in [-0.2, -0.15) is 0 Å². The molecular formula is C15H20O2. The van der Waals surface area contributed by atoms with Crippen LogP contribution in [0.3, 0.4) is 0 Å². The van der Waals surface area contributed by atoms with E-state index in [0.29, 0.717) is 12.2 Å². The van der Waals surface area contributed by atoms with Crippen LogP contribution in [-0.4, -0.2) is 12.9 Å². The molecule has 1 atom stereocenters. The molecule has 1 aliphatic carbocycles. The Morgan fingerprint density at radius 2 is 2.12 bits per heavy atom. The molecule has 2 nitrogen and oxygen atoms in total. The molecule has 0 aromatic heterocycles. The minimum absolute atomic E-state index is 0.0198. The fourth-order valence-corrected chi connectivity index (χ4v) is 2.90. The van der Waals surface area contributed by atoms with Crippen LogP contribution in [0, 0.1) is 5.41 Å². The zero-order valence-electron chi connectivity index (χ0n) is 10.8. The van der Waals surface area contributed by atoms with Gasteiger partial charge in [0.05, 0.1) is 7.11 Å². The first-order valence-corrected chi connectivity index (χ1v) is 6.21. The van der Waals surface area contributed by atoms with E-state index in [0.717, 1.165) is 24.2 Å². The van der Waals surface area contributed by atoms with Crippen molar-refractivity contribution in [3.05, 3.63) is 29.8 Å². The van der Waals surface area contributed by atoms with Crippen molar-refractivity contribution in [1.29, 1.82) is 0 Å². The average Bonchev–Trinajstić information content (AvgIpc) is 2.28. The SMILES string of the molecule is COc1cccc(C2C(=O)CCCC2(C)C)c1. The summed E-state index contributed by atoms with van der Waals surface area (Å²) >= 11 is 0. The maximum absolute atomic E-state index is 12.2. The van der Waals surface area contributed by atoms with E-state index in [-0.39, 0.29) is 11.3 Å². The summed E-state index contributed by atoms with van der Waals surface area (Å²) in [6, 6.07) is 7.92. The number of hydrogen-bond acceptors (Lipinski definition) is 2. The molecule has 1 fully saturated rings. The van der Waals surface area contributed by atoms with Crippen LogP contribution < -0.4 is 4.74 Å². The minimum atomic E-state index is 0.0198. The normalized spacial score (nSPS) is 23.5. The van der Waals surface area contributed by atoms with Gasteiger partial charge >= 0.3 is 0 Å². The van der Waals surface area contributed by atoms with Crippen molar-refractivity contribution in [3.8, 4) is 5.75 Å². The lowest BCUT2D eigenvalue weighted by Gasteiger charge is -2.37. The van der Waals surface area contributed by atoms with E-state index in [2.05, 4.69) is 13.8 Å². The second kappa shape index (κ2) is 4.52. The van der Waals surface area contributed by atoms with Crippen LogP contribution >= 0.6 is 0 Å². The van der Waals surface area contributed by atoms with Gasteiger partial charge in [0.15, 0.2) is 0 Å². The molecule has 1 aromatic rings. The summed E-state index contributed by atoms with van der Waals surface area (Å²) in [6.07, 6.45) is 2.85. The molecule has 0 bridgehead atoms. The summed E-state index contributed by atoms with van der Waals surface area (Å²) in [4.78, 5) is 12.2. The van der Waals surface area contributed by atoms with Crippen LogP contribution in [0.2, 0.25) is 0 Å². The Labute approximate surface area is 103 Å². The van der Waals surface area contributed by atoms with Crippen molar-refractivity contribution in [1.82, 2.24) is 0 Å². The first kappa shape index (κ1) is 12.2. The van der Waals surface area contributed by atoms with Gasteiger partial charge in [-0.3, -0.25) is 4.79 Å². The lowest BCUT2D eigenvalue weighted by atomic mass is 9.65. The van der Waals surface area contributed by atoms with E-state index in [1.807, 2.05) is 24.3 Å². The lowest BCUT2D eigenvalue weighted by Crippen LogP contribution is -2.33. The third kappa shape index (κ3) is 2.36. The predicted molar refractivity (Wildman–Crippen MR) is 68.4 cm³/mol. The second-order valence-electron chi connectivity index (χ2n) is 5.52. The standard InChI is InChI=1S/C15H20O2/c1-15(2)9-5-8-13(16)14(15)11-6-4-7-12(10-11)17-3/h4,6-7,10,14H,5,8-9H2,1-3H3. The van der Waals surface area contributed by atoms with Gasteiger partial charge in [0, 0.05) is 12.3 Å². The van der Waals surface area contributed by atoms with Gasteiger partial charge in [-0.1, -0.05) is 26.0 Å². The zero-order chi connectivity index (χ0) is 12.5. The number of hydrogen-bond donors (Lipinski definition) is 0. The molecule has 0 radical (unpaired) electrons. The quantitative estimate of drug-likeness (QED) is 0.779. The van der Waals surface area contributed by atoms with E-state index in [1.54, 1.807) is 7.11 Å². The number of ether oxygens (including phenoxy) is 1. The van der Waals surface area contributed by atoms with Gasteiger partial charge in [-0.15, -0.1) is 0 Å². The minimum Gasteiger partial charge on any atom is -0.497 e. The van der Waals surface area contributed by atoms with Crippen LogP contribution in [0.25, 0.3) is 0 Å². The van der Waals surface area contributed by atoms with Gasteiger partial charge < -0.3 is 4.74 Å². The highest BCUT2D eigenvalue weighted by molar-refractivity contribution is 5.87. The summed E-state index contributed by atoms with van der Waals surface area (Å²) in [6.45, 7) is 4.38. The van der Waals surface area contributed by atoms with Crippen molar-refractivity contribution in [2.75, 3.05) is 7.11 Å². The van der Waals surface area contributed by atoms with E-state index in [4.69, 9.17) is 4.74 Å². The Bertz CT molecular complexity index is 421. The zero-order valence-corrected chi connectivity index (χ0v) is 10.8. The Balaban J connectivity index is 2.38. The maximum Gasteiger partial charge on any atom is 0.140 e. The Morgan fingerprint density at radius 3 is 2.76 bits per heavy atom. The number of methoxy groups -OCH3 is 1. The lowest BCUT2D eigenvalue weighted by molar-refractivity contribution is -0.125. The molecule has 0 spiro atoms. The molecule has 1 saturated carbocycles. The Morgan fingerprint density at radius 1 is 1.35 bits per heavy atom. The summed E-state index contributed by atoms with van der Waals surface area (Å²) in [5, 5.41) is 0. The van der Waals surface area contributed by atoms with Crippen LogP contribution in [-0.2, 0) is 4.79 Å². The van der Waals surface area contributed by atoms with Crippen LogP contribution in [0.5, 0.6) is 5.75 Å². The highest BCUT2D eigenvalue weighted by Crippen LogP contribution is 2.45. The summed E-state index contributed by atoms with van der Waals surface area (Å²) in [7, 11) is 1.66. The molecule has 1 unspecified atom stereocenters. The molecule has 17 heavy (non-hydrogen) atoms. The number of carbonyl (C=O) groups excluding carboxylic acids is 1. The molecule has 0 saturated heterocycles. The van der Waals surface area contributed by atoms with Crippen LogP contribution in [0.15, 0.2) is 24.3 Å². The molecule has 1 aromatic carbocycles. The van der Waals surface area contributed by atoms with Gasteiger partial charge in [-0.05, 0) is 36.0 Å². The molecule has 0 N–H and O–H groups in total. The van der Waals surface area contributed by atoms with Gasteiger partial charge in [0.1, 0.15) is 11.5 Å². The Kier molecular flexibility index (Phi) is 3.23. The largest absolute Gasteiger partial charge is 0.497 e. The summed E-state index contributed by atoms with van der Waals surface area (Å²) < 4.78 is 5.24. The fraction of sp³-hybridized carbons (Fsp3) is 0.533. The van der Waals surface area contributed by atoms with Crippen molar-refractivity contribution in [2.24, 2.45) is 5.41 Å². The van der Waals surface area contributed by atoms with E-state index < -0.39 is 0 Å². The fourth-order valence-electron chi connectivity index (χ4n) is 2.90. The topological polar surface area (TPSA) is 26.3 Å². The third-order valence-electron chi connectivity index (χ3n) is 3.77. The van der Waals surface area contributed by atoms with Crippen LogP contribution in [0.4, 0.5) is 0 Å². The smallest absolute Gasteiger partial charge is 0.140 e. The van der Waals surface area contributed by atoms with Gasteiger partial charge in [-0.25, -0.2) is 0 Å². The summed E-state index contributed by atoms with van der Waals surface area (Å²) in [5.74, 6) is 1.22. The number of benzene rings is 1. The van der Waals surface area contributed by atoms with Gasteiger partial charge in [0.25, 0.3) is 0 Å². The highest BCUT2D eigenvalue weighted by atomic mass is 16.5. The number of carbonyl (C=O) groups is 1. The maximum atomic E-state index is 12.2.